The molecule has 2 aromatic rings. The molecule has 1 saturated heterocycles. The molecule has 0 saturated carbocycles. The SMILES string of the molecule is CC1C(=O)N(c2cccc(Cl)c2)CCN1Cc1ccc(F)cc1. The van der Waals surface area contributed by atoms with Crippen molar-refractivity contribution in [2.75, 3.05) is 18.0 Å². The molecule has 1 unspecified atom stereocenters. The molecule has 1 aliphatic heterocycles. The maximum atomic E-state index is 13.0. The normalized spacial score (nSPS) is 19.2. The molecule has 0 spiro atoms. The monoisotopic (exact) mass is 332 g/mol. The van der Waals surface area contributed by atoms with E-state index in [1.54, 1.807) is 23.1 Å². The van der Waals surface area contributed by atoms with Gasteiger partial charge in [0.25, 0.3) is 0 Å². The number of benzene rings is 2. The molecule has 1 heterocycles. The van der Waals surface area contributed by atoms with E-state index in [0.717, 1.165) is 17.8 Å². The second kappa shape index (κ2) is 6.69. The summed E-state index contributed by atoms with van der Waals surface area (Å²) < 4.78 is 13.0. The molecule has 1 atom stereocenters. The first-order chi connectivity index (χ1) is 11.0. The van der Waals surface area contributed by atoms with Crippen molar-refractivity contribution in [1.29, 1.82) is 0 Å². The standard InChI is InChI=1S/C18H18ClFN2O/c1-13-18(23)22(17-4-2-3-15(19)11-17)10-9-21(13)12-14-5-7-16(20)8-6-14/h2-8,11,13H,9-10,12H2,1H3. The molecule has 23 heavy (non-hydrogen) atoms. The summed E-state index contributed by atoms with van der Waals surface area (Å²) in [6.45, 7) is 3.92. The topological polar surface area (TPSA) is 23.6 Å². The van der Waals surface area contributed by atoms with Crippen LogP contribution in [0.4, 0.5) is 10.1 Å². The molecule has 120 valence electrons. The molecule has 0 N–H and O–H groups in total. The summed E-state index contributed by atoms with van der Waals surface area (Å²) in [6, 6.07) is 13.5. The van der Waals surface area contributed by atoms with Gasteiger partial charge in [-0.3, -0.25) is 9.69 Å². The average Bonchev–Trinajstić information content (AvgIpc) is 2.54. The summed E-state index contributed by atoms with van der Waals surface area (Å²) in [7, 11) is 0. The molecule has 0 aliphatic carbocycles. The molecule has 0 aromatic heterocycles. The van der Waals surface area contributed by atoms with Crippen LogP contribution in [0.2, 0.25) is 5.02 Å². The fourth-order valence-electron chi connectivity index (χ4n) is 2.85. The van der Waals surface area contributed by atoms with Crippen LogP contribution in [0.25, 0.3) is 0 Å². The molecule has 0 radical (unpaired) electrons. The third kappa shape index (κ3) is 3.54. The molecule has 1 aliphatic rings. The fraction of sp³-hybridized carbons (Fsp3) is 0.278. The first-order valence-corrected chi connectivity index (χ1v) is 7.98. The van der Waals surface area contributed by atoms with Gasteiger partial charge in [0.1, 0.15) is 5.82 Å². The van der Waals surface area contributed by atoms with Gasteiger partial charge in [-0.05, 0) is 42.8 Å². The highest BCUT2D eigenvalue weighted by Gasteiger charge is 2.32. The molecule has 5 heteroatoms. The van der Waals surface area contributed by atoms with Crippen LogP contribution in [0, 0.1) is 5.82 Å². The number of rotatable bonds is 3. The van der Waals surface area contributed by atoms with E-state index >= 15 is 0 Å². The predicted molar refractivity (Wildman–Crippen MR) is 90.1 cm³/mol. The van der Waals surface area contributed by atoms with Crippen molar-refractivity contribution in [1.82, 2.24) is 4.90 Å². The van der Waals surface area contributed by atoms with Crippen molar-refractivity contribution >= 4 is 23.2 Å². The number of hydrogen-bond donors (Lipinski definition) is 0. The third-order valence-corrected chi connectivity index (χ3v) is 4.44. The van der Waals surface area contributed by atoms with Gasteiger partial charge in [0.05, 0.1) is 6.04 Å². The Labute approximate surface area is 140 Å². The zero-order valence-corrected chi connectivity index (χ0v) is 13.6. The Morgan fingerprint density at radius 2 is 1.91 bits per heavy atom. The second-order valence-corrected chi connectivity index (χ2v) is 6.18. The highest BCUT2D eigenvalue weighted by Crippen LogP contribution is 2.24. The van der Waals surface area contributed by atoms with Crippen molar-refractivity contribution in [3.05, 3.63) is 64.9 Å². The summed E-state index contributed by atoms with van der Waals surface area (Å²) in [4.78, 5) is 16.6. The maximum Gasteiger partial charge on any atom is 0.244 e. The quantitative estimate of drug-likeness (QED) is 0.855. The maximum absolute atomic E-state index is 13.0. The number of piperazine rings is 1. The highest BCUT2D eigenvalue weighted by molar-refractivity contribution is 6.30. The molecule has 1 amide bonds. The number of carbonyl (C=O) groups is 1. The van der Waals surface area contributed by atoms with Gasteiger partial charge in [0.2, 0.25) is 5.91 Å². The lowest BCUT2D eigenvalue weighted by molar-refractivity contribution is -0.125. The van der Waals surface area contributed by atoms with Crippen molar-refractivity contribution in [3.63, 3.8) is 0 Å². The summed E-state index contributed by atoms with van der Waals surface area (Å²) in [6.07, 6.45) is 0. The van der Waals surface area contributed by atoms with E-state index in [0.29, 0.717) is 18.1 Å². The van der Waals surface area contributed by atoms with Crippen LogP contribution in [-0.2, 0) is 11.3 Å². The van der Waals surface area contributed by atoms with Gasteiger partial charge in [-0.2, -0.15) is 0 Å². The fourth-order valence-corrected chi connectivity index (χ4v) is 3.04. The van der Waals surface area contributed by atoms with Crippen molar-refractivity contribution in [2.45, 2.75) is 19.5 Å². The van der Waals surface area contributed by atoms with Crippen LogP contribution in [0.15, 0.2) is 48.5 Å². The Hall–Kier alpha value is -1.91. The van der Waals surface area contributed by atoms with Crippen LogP contribution in [0.1, 0.15) is 12.5 Å². The first-order valence-electron chi connectivity index (χ1n) is 7.60. The highest BCUT2D eigenvalue weighted by atomic mass is 35.5. The average molecular weight is 333 g/mol. The van der Waals surface area contributed by atoms with E-state index < -0.39 is 0 Å². The van der Waals surface area contributed by atoms with Gasteiger partial charge in [-0.25, -0.2) is 4.39 Å². The summed E-state index contributed by atoms with van der Waals surface area (Å²) >= 11 is 6.02. The van der Waals surface area contributed by atoms with E-state index in [-0.39, 0.29) is 17.8 Å². The van der Waals surface area contributed by atoms with Crippen LogP contribution < -0.4 is 4.90 Å². The first kappa shape index (κ1) is 16.0. The smallest absolute Gasteiger partial charge is 0.244 e. The van der Waals surface area contributed by atoms with E-state index in [9.17, 15) is 9.18 Å². The largest absolute Gasteiger partial charge is 0.310 e. The lowest BCUT2D eigenvalue weighted by atomic mass is 10.1. The number of nitrogens with zero attached hydrogens (tertiary/aromatic N) is 2. The van der Waals surface area contributed by atoms with Gasteiger partial charge in [-0.1, -0.05) is 29.8 Å². The van der Waals surface area contributed by atoms with Gasteiger partial charge < -0.3 is 4.90 Å². The number of amides is 1. The summed E-state index contributed by atoms with van der Waals surface area (Å²) in [5, 5.41) is 0.622. The van der Waals surface area contributed by atoms with Crippen LogP contribution >= 0.6 is 11.6 Å². The minimum atomic E-state index is -0.247. The second-order valence-electron chi connectivity index (χ2n) is 5.74. The molecule has 3 rings (SSSR count). The van der Waals surface area contributed by atoms with Gasteiger partial charge in [-0.15, -0.1) is 0 Å². The van der Waals surface area contributed by atoms with E-state index in [4.69, 9.17) is 11.6 Å². The Kier molecular flexibility index (Phi) is 4.64. The van der Waals surface area contributed by atoms with Crippen LogP contribution in [0.5, 0.6) is 0 Å². The zero-order chi connectivity index (χ0) is 16.4. The number of halogens is 2. The number of hydrogen-bond acceptors (Lipinski definition) is 2. The minimum absolute atomic E-state index is 0.0561. The Morgan fingerprint density at radius 1 is 1.17 bits per heavy atom. The summed E-state index contributed by atoms with van der Waals surface area (Å²) in [5.74, 6) is -0.190. The van der Waals surface area contributed by atoms with Crippen LogP contribution in [-0.4, -0.2) is 29.9 Å². The third-order valence-electron chi connectivity index (χ3n) is 4.20. The molecule has 2 aromatic carbocycles. The van der Waals surface area contributed by atoms with Gasteiger partial charge >= 0.3 is 0 Å². The predicted octanol–water partition coefficient (Wildman–Crippen LogP) is 3.72. The van der Waals surface area contributed by atoms with E-state index in [1.165, 1.54) is 12.1 Å². The molecular formula is C18H18ClFN2O. The number of anilines is 1. The van der Waals surface area contributed by atoms with E-state index in [1.807, 2.05) is 25.1 Å². The number of carbonyl (C=O) groups excluding carboxylic acids is 1. The molecule has 3 nitrogen and oxygen atoms in total. The van der Waals surface area contributed by atoms with Crippen molar-refractivity contribution < 1.29 is 9.18 Å². The van der Waals surface area contributed by atoms with E-state index in [2.05, 4.69) is 4.90 Å². The minimum Gasteiger partial charge on any atom is -0.310 e. The van der Waals surface area contributed by atoms with Crippen molar-refractivity contribution in [3.8, 4) is 0 Å². The molecule has 0 bridgehead atoms. The van der Waals surface area contributed by atoms with Gasteiger partial charge in [0.15, 0.2) is 0 Å². The van der Waals surface area contributed by atoms with Crippen molar-refractivity contribution in [2.24, 2.45) is 0 Å². The Balaban J connectivity index is 1.72. The lowest BCUT2D eigenvalue weighted by Crippen LogP contribution is -2.55. The Bertz CT molecular complexity index is 704. The lowest BCUT2D eigenvalue weighted by Gasteiger charge is -2.39. The summed E-state index contributed by atoms with van der Waals surface area (Å²) in [5.41, 5.74) is 1.83. The van der Waals surface area contributed by atoms with Crippen LogP contribution in [0.3, 0.4) is 0 Å². The molecule has 1 fully saturated rings. The van der Waals surface area contributed by atoms with Gasteiger partial charge in [0, 0.05) is 30.3 Å². The zero-order valence-electron chi connectivity index (χ0n) is 12.9. The Morgan fingerprint density at radius 3 is 2.61 bits per heavy atom. The molecular weight excluding hydrogens is 315 g/mol.